The van der Waals surface area contributed by atoms with E-state index < -0.39 is 0 Å². The molecule has 4 nitrogen and oxygen atoms in total. The summed E-state index contributed by atoms with van der Waals surface area (Å²) in [7, 11) is 0. The van der Waals surface area contributed by atoms with Crippen LogP contribution in [-0.2, 0) is 9.53 Å². The first-order chi connectivity index (χ1) is 6.77. The van der Waals surface area contributed by atoms with Crippen molar-refractivity contribution in [3.8, 4) is 0 Å². The standard InChI is InChI=1S/C10H18N2O2/c11-8-4-5-12(7-8)10(13)9-3-1-2-6-14-9/h8-9H,1-7,11H2/t8-,9?/m0/s1. The van der Waals surface area contributed by atoms with Crippen LogP contribution in [0, 0.1) is 0 Å². The van der Waals surface area contributed by atoms with Gasteiger partial charge < -0.3 is 15.4 Å². The van der Waals surface area contributed by atoms with Crippen molar-refractivity contribution < 1.29 is 9.53 Å². The molecule has 0 bridgehead atoms. The van der Waals surface area contributed by atoms with Crippen LogP contribution in [0.15, 0.2) is 0 Å². The molecule has 2 rings (SSSR count). The smallest absolute Gasteiger partial charge is 0.251 e. The van der Waals surface area contributed by atoms with E-state index >= 15 is 0 Å². The molecule has 1 unspecified atom stereocenters. The van der Waals surface area contributed by atoms with E-state index in [9.17, 15) is 4.79 Å². The molecule has 0 aromatic carbocycles. The van der Waals surface area contributed by atoms with Crippen molar-refractivity contribution in [1.82, 2.24) is 4.90 Å². The van der Waals surface area contributed by atoms with Crippen molar-refractivity contribution >= 4 is 5.91 Å². The average molecular weight is 198 g/mol. The van der Waals surface area contributed by atoms with E-state index in [2.05, 4.69) is 0 Å². The molecule has 0 aliphatic carbocycles. The third kappa shape index (κ3) is 2.07. The van der Waals surface area contributed by atoms with Crippen molar-refractivity contribution in [2.45, 2.75) is 37.8 Å². The first-order valence-electron chi connectivity index (χ1n) is 5.43. The molecule has 14 heavy (non-hydrogen) atoms. The van der Waals surface area contributed by atoms with Crippen molar-refractivity contribution in [2.75, 3.05) is 19.7 Å². The fourth-order valence-corrected chi connectivity index (χ4v) is 2.13. The molecule has 80 valence electrons. The number of amides is 1. The molecular weight excluding hydrogens is 180 g/mol. The average Bonchev–Trinajstić information content (AvgIpc) is 2.65. The van der Waals surface area contributed by atoms with Crippen LogP contribution in [0.3, 0.4) is 0 Å². The third-order valence-corrected chi connectivity index (χ3v) is 2.99. The molecule has 2 aliphatic rings. The minimum absolute atomic E-state index is 0.151. The lowest BCUT2D eigenvalue weighted by Gasteiger charge is -2.26. The van der Waals surface area contributed by atoms with E-state index in [4.69, 9.17) is 10.5 Å². The van der Waals surface area contributed by atoms with Crippen LogP contribution in [0.5, 0.6) is 0 Å². The highest BCUT2D eigenvalue weighted by Gasteiger charge is 2.30. The predicted molar refractivity (Wildman–Crippen MR) is 52.8 cm³/mol. The van der Waals surface area contributed by atoms with Crippen LogP contribution in [0.2, 0.25) is 0 Å². The van der Waals surface area contributed by atoms with Gasteiger partial charge in [0.15, 0.2) is 0 Å². The molecule has 2 aliphatic heterocycles. The van der Waals surface area contributed by atoms with E-state index in [1.807, 2.05) is 4.90 Å². The molecule has 0 spiro atoms. The molecule has 2 fully saturated rings. The van der Waals surface area contributed by atoms with Crippen LogP contribution in [0.4, 0.5) is 0 Å². The van der Waals surface area contributed by atoms with Crippen molar-refractivity contribution in [3.05, 3.63) is 0 Å². The fraction of sp³-hybridized carbons (Fsp3) is 0.900. The van der Waals surface area contributed by atoms with Crippen LogP contribution < -0.4 is 5.73 Å². The van der Waals surface area contributed by atoms with Gasteiger partial charge in [-0.2, -0.15) is 0 Å². The molecule has 2 atom stereocenters. The molecular formula is C10H18N2O2. The number of nitrogens with two attached hydrogens (primary N) is 1. The number of hydrogen-bond acceptors (Lipinski definition) is 3. The Balaban J connectivity index is 1.87. The Morgan fingerprint density at radius 1 is 1.36 bits per heavy atom. The molecule has 2 saturated heterocycles. The summed E-state index contributed by atoms with van der Waals surface area (Å²) in [6, 6.07) is 0.169. The van der Waals surface area contributed by atoms with Crippen LogP contribution in [-0.4, -0.2) is 42.6 Å². The summed E-state index contributed by atoms with van der Waals surface area (Å²) < 4.78 is 5.46. The number of nitrogens with zero attached hydrogens (tertiary/aromatic N) is 1. The summed E-state index contributed by atoms with van der Waals surface area (Å²) in [5.41, 5.74) is 5.76. The van der Waals surface area contributed by atoms with Gasteiger partial charge in [-0.25, -0.2) is 0 Å². The van der Waals surface area contributed by atoms with Crippen LogP contribution in [0.1, 0.15) is 25.7 Å². The van der Waals surface area contributed by atoms with E-state index in [1.165, 1.54) is 0 Å². The summed E-state index contributed by atoms with van der Waals surface area (Å²) in [6.45, 7) is 2.24. The molecule has 1 amide bonds. The van der Waals surface area contributed by atoms with E-state index in [0.29, 0.717) is 6.54 Å². The Kier molecular flexibility index (Phi) is 3.03. The fourth-order valence-electron chi connectivity index (χ4n) is 2.13. The van der Waals surface area contributed by atoms with Gasteiger partial charge in [0.05, 0.1) is 0 Å². The minimum atomic E-state index is -0.186. The molecule has 2 N–H and O–H groups in total. The van der Waals surface area contributed by atoms with E-state index in [-0.39, 0.29) is 18.1 Å². The second kappa shape index (κ2) is 4.28. The first-order valence-corrected chi connectivity index (χ1v) is 5.43. The first kappa shape index (κ1) is 9.93. The summed E-state index contributed by atoms with van der Waals surface area (Å²) in [5, 5.41) is 0. The van der Waals surface area contributed by atoms with Gasteiger partial charge in [0.2, 0.25) is 0 Å². The quantitative estimate of drug-likeness (QED) is 0.651. The van der Waals surface area contributed by atoms with E-state index in [1.54, 1.807) is 0 Å². The Labute approximate surface area is 84.4 Å². The molecule has 0 saturated carbocycles. The zero-order valence-corrected chi connectivity index (χ0v) is 8.45. The molecule has 0 aromatic heterocycles. The summed E-state index contributed by atoms with van der Waals surface area (Å²) in [4.78, 5) is 13.7. The van der Waals surface area contributed by atoms with Gasteiger partial charge >= 0.3 is 0 Å². The van der Waals surface area contributed by atoms with Gasteiger partial charge in [-0.1, -0.05) is 0 Å². The maximum Gasteiger partial charge on any atom is 0.251 e. The third-order valence-electron chi connectivity index (χ3n) is 2.99. The maximum atomic E-state index is 11.9. The topological polar surface area (TPSA) is 55.6 Å². The van der Waals surface area contributed by atoms with Crippen molar-refractivity contribution in [1.29, 1.82) is 0 Å². The Hall–Kier alpha value is -0.610. The molecule has 0 aromatic rings. The lowest BCUT2D eigenvalue weighted by Crippen LogP contribution is -2.41. The summed E-state index contributed by atoms with van der Waals surface area (Å²) in [5.74, 6) is 0.151. The SMILES string of the molecule is N[C@H]1CCN(C(=O)C2CCCCO2)C1. The number of carbonyl (C=O) groups is 1. The molecule has 2 heterocycles. The van der Waals surface area contributed by atoms with Crippen molar-refractivity contribution in [2.24, 2.45) is 5.73 Å². The van der Waals surface area contributed by atoms with Crippen LogP contribution >= 0.6 is 0 Å². The highest BCUT2D eigenvalue weighted by atomic mass is 16.5. The van der Waals surface area contributed by atoms with Gasteiger partial charge in [-0.05, 0) is 25.7 Å². The van der Waals surface area contributed by atoms with Gasteiger partial charge in [0.25, 0.3) is 5.91 Å². The normalized spacial score (nSPS) is 33.4. The Bertz CT molecular complexity index is 207. The zero-order chi connectivity index (χ0) is 9.97. The molecule has 4 heteroatoms. The zero-order valence-electron chi connectivity index (χ0n) is 8.45. The number of ether oxygens (including phenoxy) is 1. The van der Waals surface area contributed by atoms with Gasteiger partial charge in [0.1, 0.15) is 6.10 Å². The number of hydrogen-bond donors (Lipinski definition) is 1. The second-order valence-corrected chi connectivity index (χ2v) is 4.19. The van der Waals surface area contributed by atoms with Gasteiger partial charge in [-0.3, -0.25) is 4.79 Å². The van der Waals surface area contributed by atoms with Crippen LogP contribution in [0.25, 0.3) is 0 Å². The Morgan fingerprint density at radius 2 is 2.21 bits per heavy atom. The number of carbonyl (C=O) groups excluding carboxylic acids is 1. The number of likely N-dealkylation sites (tertiary alicyclic amines) is 1. The van der Waals surface area contributed by atoms with Gasteiger partial charge in [-0.15, -0.1) is 0 Å². The lowest BCUT2D eigenvalue weighted by atomic mass is 10.1. The Morgan fingerprint density at radius 3 is 2.79 bits per heavy atom. The van der Waals surface area contributed by atoms with Gasteiger partial charge in [0, 0.05) is 25.7 Å². The molecule has 0 radical (unpaired) electrons. The van der Waals surface area contributed by atoms with E-state index in [0.717, 1.165) is 38.8 Å². The maximum absolute atomic E-state index is 11.9. The minimum Gasteiger partial charge on any atom is -0.368 e. The predicted octanol–water partition coefficient (Wildman–Crippen LogP) is 0.115. The monoisotopic (exact) mass is 198 g/mol. The van der Waals surface area contributed by atoms with Crippen molar-refractivity contribution in [3.63, 3.8) is 0 Å². The highest BCUT2D eigenvalue weighted by Crippen LogP contribution is 2.17. The lowest BCUT2D eigenvalue weighted by molar-refractivity contribution is -0.145. The summed E-state index contributed by atoms with van der Waals surface area (Å²) >= 11 is 0. The number of rotatable bonds is 1. The largest absolute Gasteiger partial charge is 0.368 e. The second-order valence-electron chi connectivity index (χ2n) is 4.19. The summed E-state index contributed by atoms with van der Waals surface area (Å²) in [6.07, 6.45) is 3.82. The highest BCUT2D eigenvalue weighted by molar-refractivity contribution is 5.81.